The van der Waals surface area contributed by atoms with Gasteiger partial charge in [0, 0.05) is 23.9 Å². The zero-order valence-corrected chi connectivity index (χ0v) is 13.9. The zero-order chi connectivity index (χ0) is 17.8. The third-order valence-electron chi connectivity index (χ3n) is 3.52. The van der Waals surface area contributed by atoms with Crippen molar-refractivity contribution in [3.8, 4) is 5.75 Å². The van der Waals surface area contributed by atoms with Gasteiger partial charge in [-0.05, 0) is 19.9 Å². The van der Waals surface area contributed by atoms with Crippen molar-refractivity contribution in [3.05, 3.63) is 23.0 Å². The molecule has 11 heteroatoms. The van der Waals surface area contributed by atoms with Crippen LogP contribution in [0, 0.1) is 6.92 Å². The van der Waals surface area contributed by atoms with Crippen LogP contribution in [0.4, 0.5) is 4.39 Å². The Morgan fingerprint density at radius 2 is 2.33 bits per heavy atom. The Morgan fingerprint density at radius 1 is 1.58 bits per heavy atom. The highest BCUT2D eigenvalue weighted by Crippen LogP contribution is 2.37. The minimum Gasteiger partial charge on any atom is -0.505 e. The second-order valence-electron chi connectivity index (χ2n) is 5.48. The van der Waals surface area contributed by atoms with E-state index in [2.05, 4.69) is 20.0 Å². The Kier molecular flexibility index (Phi) is 5.89. The molecule has 0 bridgehead atoms. The van der Waals surface area contributed by atoms with Gasteiger partial charge in [-0.15, -0.1) is 0 Å². The van der Waals surface area contributed by atoms with Crippen molar-refractivity contribution in [1.29, 1.82) is 0 Å². The summed E-state index contributed by atoms with van der Waals surface area (Å²) in [6, 6.07) is 0. The van der Waals surface area contributed by atoms with Gasteiger partial charge in [0.05, 0.1) is 18.5 Å². The molecule has 1 aromatic heterocycles. The summed E-state index contributed by atoms with van der Waals surface area (Å²) in [5.41, 5.74) is -0.863. The van der Waals surface area contributed by atoms with Crippen LogP contribution in [0.3, 0.4) is 0 Å². The normalized spacial score (nSPS) is 21.5. The van der Waals surface area contributed by atoms with E-state index in [0.29, 0.717) is 18.7 Å². The van der Waals surface area contributed by atoms with Crippen LogP contribution < -0.4 is 5.32 Å². The van der Waals surface area contributed by atoms with Crippen molar-refractivity contribution in [2.24, 2.45) is 5.16 Å². The van der Waals surface area contributed by atoms with Crippen LogP contribution in [-0.4, -0.2) is 51.5 Å². The van der Waals surface area contributed by atoms with Crippen molar-refractivity contribution in [2.45, 2.75) is 25.6 Å². The molecule has 0 aromatic carbocycles. The fourth-order valence-electron chi connectivity index (χ4n) is 2.14. The number of alkyl halides is 1. The maximum Gasteiger partial charge on any atom is 0.469 e. The van der Waals surface area contributed by atoms with Crippen LogP contribution in [0.5, 0.6) is 5.75 Å². The average molecular weight is 363 g/mol. The number of oxime groups is 1. The van der Waals surface area contributed by atoms with Crippen molar-refractivity contribution >= 4 is 14.0 Å². The Labute approximate surface area is 137 Å². The smallest absolute Gasteiger partial charge is 0.469 e. The number of aryl methyl sites for hydroxylation is 1. The summed E-state index contributed by atoms with van der Waals surface area (Å²) in [5.74, 6) is -0.230. The van der Waals surface area contributed by atoms with E-state index in [4.69, 9.17) is 14.6 Å². The molecule has 0 amide bonds. The highest BCUT2D eigenvalue weighted by atomic mass is 31.2. The predicted octanol–water partition coefficient (Wildman–Crippen LogP) is 0.757. The van der Waals surface area contributed by atoms with Crippen LogP contribution >= 0.6 is 7.82 Å². The third-order valence-corrected chi connectivity index (χ3v) is 3.98. The standard InChI is InChI=1S/C13H19FN3O6P/c1-9-12(18)11(10(4-16-9)6-23-24(19,20)21)5-17-22-8-13(14)2-3-15-7-13/h4-5,15,18H,2-3,6-8H2,1H3,(H2,19,20,21)/b17-5+. The topological polar surface area (TPSA) is 134 Å². The first-order valence-electron chi connectivity index (χ1n) is 7.13. The molecular weight excluding hydrogens is 344 g/mol. The average Bonchev–Trinajstić information content (AvgIpc) is 2.92. The number of hydrogen-bond donors (Lipinski definition) is 4. The van der Waals surface area contributed by atoms with Crippen molar-refractivity contribution in [2.75, 3.05) is 19.7 Å². The summed E-state index contributed by atoms with van der Waals surface area (Å²) < 4.78 is 29.3. The Bertz CT molecular complexity index is 659. The Morgan fingerprint density at radius 3 is 2.96 bits per heavy atom. The SMILES string of the molecule is Cc1ncc(COP(=O)(O)O)c(/C=N/OCC2(F)CCNC2)c1O. The summed E-state index contributed by atoms with van der Waals surface area (Å²) in [5, 5.41) is 16.5. The van der Waals surface area contributed by atoms with Gasteiger partial charge >= 0.3 is 7.82 Å². The van der Waals surface area contributed by atoms with Gasteiger partial charge in [-0.2, -0.15) is 0 Å². The van der Waals surface area contributed by atoms with Crippen LogP contribution in [0.25, 0.3) is 0 Å². The molecule has 4 N–H and O–H groups in total. The van der Waals surface area contributed by atoms with E-state index in [1.54, 1.807) is 6.92 Å². The highest BCUT2D eigenvalue weighted by molar-refractivity contribution is 7.46. The van der Waals surface area contributed by atoms with Gasteiger partial charge in [0.1, 0.15) is 5.75 Å². The molecule has 24 heavy (non-hydrogen) atoms. The maximum atomic E-state index is 14.1. The number of pyridine rings is 1. The number of halogens is 1. The summed E-state index contributed by atoms with van der Waals surface area (Å²) in [4.78, 5) is 26.4. The largest absolute Gasteiger partial charge is 0.505 e. The zero-order valence-electron chi connectivity index (χ0n) is 13.0. The van der Waals surface area contributed by atoms with Crippen molar-refractivity contribution in [1.82, 2.24) is 10.3 Å². The van der Waals surface area contributed by atoms with E-state index in [9.17, 15) is 14.1 Å². The van der Waals surface area contributed by atoms with Crippen molar-refractivity contribution < 1.29 is 33.2 Å². The molecule has 1 fully saturated rings. The number of rotatable bonds is 7. The number of nitrogens with one attached hydrogen (secondary N) is 1. The fraction of sp³-hybridized carbons (Fsp3) is 0.538. The Hall–Kier alpha value is -1.58. The van der Waals surface area contributed by atoms with Gasteiger partial charge in [-0.25, -0.2) is 8.96 Å². The minimum atomic E-state index is -4.67. The molecule has 1 aliphatic rings. The van der Waals surface area contributed by atoms with E-state index in [-0.39, 0.29) is 30.0 Å². The summed E-state index contributed by atoms with van der Waals surface area (Å²) >= 11 is 0. The summed E-state index contributed by atoms with van der Waals surface area (Å²) in [7, 11) is -4.67. The number of aromatic nitrogens is 1. The molecule has 0 spiro atoms. The van der Waals surface area contributed by atoms with Crippen LogP contribution in [0.1, 0.15) is 23.2 Å². The lowest BCUT2D eigenvalue weighted by Crippen LogP contribution is -2.31. The molecule has 0 saturated carbocycles. The van der Waals surface area contributed by atoms with Crippen LogP contribution in [-0.2, 0) is 20.5 Å². The fourth-order valence-corrected chi connectivity index (χ4v) is 2.45. The maximum absolute atomic E-state index is 14.1. The minimum absolute atomic E-state index is 0.133. The molecule has 1 aromatic rings. The van der Waals surface area contributed by atoms with Crippen LogP contribution in [0.2, 0.25) is 0 Å². The second-order valence-corrected chi connectivity index (χ2v) is 6.72. The number of phosphoric ester groups is 1. The van der Waals surface area contributed by atoms with Gasteiger partial charge in [0.2, 0.25) is 0 Å². The molecule has 1 unspecified atom stereocenters. The molecule has 9 nitrogen and oxygen atoms in total. The van der Waals surface area contributed by atoms with E-state index >= 15 is 0 Å². The molecule has 1 saturated heterocycles. The van der Waals surface area contributed by atoms with Crippen LogP contribution in [0.15, 0.2) is 11.4 Å². The number of hydrogen-bond acceptors (Lipinski definition) is 7. The lowest BCUT2D eigenvalue weighted by molar-refractivity contribution is 0.0307. The Balaban J connectivity index is 2.07. The number of nitrogens with zero attached hydrogens (tertiary/aromatic N) is 2. The van der Waals surface area contributed by atoms with E-state index in [1.165, 1.54) is 6.20 Å². The van der Waals surface area contributed by atoms with Gasteiger partial charge in [0.25, 0.3) is 0 Å². The second kappa shape index (κ2) is 7.54. The molecule has 2 heterocycles. The quantitative estimate of drug-likeness (QED) is 0.317. The van der Waals surface area contributed by atoms with E-state index < -0.39 is 20.1 Å². The first-order chi connectivity index (χ1) is 11.2. The highest BCUT2D eigenvalue weighted by Gasteiger charge is 2.34. The van der Waals surface area contributed by atoms with Gasteiger partial charge in [-0.1, -0.05) is 5.16 Å². The molecule has 134 valence electrons. The number of phosphoric acid groups is 1. The molecule has 0 aliphatic carbocycles. The third kappa shape index (κ3) is 5.22. The van der Waals surface area contributed by atoms with E-state index in [0.717, 1.165) is 6.21 Å². The van der Waals surface area contributed by atoms with Gasteiger partial charge < -0.3 is 25.0 Å². The summed E-state index contributed by atoms with van der Waals surface area (Å²) in [6.45, 7) is 1.57. The monoisotopic (exact) mass is 363 g/mol. The molecule has 0 radical (unpaired) electrons. The van der Waals surface area contributed by atoms with E-state index in [1.807, 2.05) is 0 Å². The van der Waals surface area contributed by atoms with Gasteiger partial charge in [-0.3, -0.25) is 9.51 Å². The molecule has 2 rings (SSSR count). The molecule has 1 atom stereocenters. The first kappa shape index (κ1) is 18.8. The molecule has 1 aliphatic heterocycles. The van der Waals surface area contributed by atoms with Gasteiger partial charge in [0.15, 0.2) is 12.3 Å². The first-order valence-corrected chi connectivity index (χ1v) is 8.66. The predicted molar refractivity (Wildman–Crippen MR) is 82.3 cm³/mol. The lowest BCUT2D eigenvalue weighted by atomic mass is 10.1. The summed E-state index contributed by atoms with van der Waals surface area (Å²) in [6.07, 6.45) is 2.75. The number of aromatic hydroxyl groups is 1. The lowest BCUT2D eigenvalue weighted by Gasteiger charge is -2.15. The molecular formula is C13H19FN3O6P. The van der Waals surface area contributed by atoms with Crippen molar-refractivity contribution in [3.63, 3.8) is 0 Å².